The van der Waals surface area contributed by atoms with Gasteiger partial charge in [0.25, 0.3) is 0 Å². The van der Waals surface area contributed by atoms with E-state index in [1.807, 2.05) is 0 Å². The van der Waals surface area contributed by atoms with E-state index in [-0.39, 0.29) is 0 Å². The minimum Gasteiger partial charge on any atom is -0.289 e. The highest BCUT2D eigenvalue weighted by Gasteiger charge is 2.26. The molecule has 0 radical (unpaired) electrons. The maximum Gasteiger partial charge on any atom is 0.0599 e. The highest BCUT2D eigenvalue weighted by Crippen LogP contribution is 2.34. The smallest absolute Gasteiger partial charge is 0.0599 e. The van der Waals surface area contributed by atoms with Gasteiger partial charge in [-0.1, -0.05) is 71.4 Å². The van der Waals surface area contributed by atoms with Gasteiger partial charge in [-0.3, -0.25) is 4.99 Å². The molecule has 1 saturated carbocycles. The molecule has 0 saturated heterocycles. The van der Waals surface area contributed by atoms with Crippen molar-refractivity contribution < 1.29 is 0 Å². The molecule has 1 fully saturated rings. The van der Waals surface area contributed by atoms with Crippen molar-refractivity contribution >= 4 is 5.71 Å². The number of nitrogens with zero attached hydrogens (tertiary/aromatic N) is 1. The fraction of sp³-hybridized carbons (Fsp3) is 0.857. The molecule has 2 rings (SSSR count). The zero-order valence-electron chi connectivity index (χ0n) is 16.0. The average Bonchev–Trinajstić information content (AvgIpc) is 2.42. The van der Waals surface area contributed by atoms with Gasteiger partial charge >= 0.3 is 0 Å². The van der Waals surface area contributed by atoms with E-state index in [0.29, 0.717) is 5.92 Å². The Hall–Kier alpha value is -0.590. The van der Waals surface area contributed by atoms with Crippen LogP contribution in [0.4, 0.5) is 0 Å². The molecule has 1 nitrogen and oxygen atoms in total. The largest absolute Gasteiger partial charge is 0.289 e. The summed E-state index contributed by atoms with van der Waals surface area (Å²) in [5, 5.41) is 0. The van der Waals surface area contributed by atoms with Crippen LogP contribution < -0.4 is 0 Å². The normalized spacial score (nSPS) is 22.5. The molecule has 1 aliphatic carbocycles. The average molecular weight is 306 g/mol. The summed E-state index contributed by atoms with van der Waals surface area (Å²) in [6.45, 7) is 14.6. The fourth-order valence-corrected chi connectivity index (χ4v) is 3.30. The van der Waals surface area contributed by atoms with Crippen molar-refractivity contribution in [2.75, 3.05) is 6.54 Å². The van der Waals surface area contributed by atoms with E-state index in [2.05, 4.69) is 41.5 Å². The number of hydrogen-bond acceptors (Lipinski definition) is 1. The lowest BCUT2D eigenvalue weighted by atomic mass is 9.77. The number of hydrogen-bond donors (Lipinski definition) is 0. The Morgan fingerprint density at radius 2 is 1.64 bits per heavy atom. The third-order valence-electron chi connectivity index (χ3n) is 5.01. The van der Waals surface area contributed by atoms with Crippen LogP contribution in [0, 0.1) is 17.8 Å². The van der Waals surface area contributed by atoms with Crippen LogP contribution in [0.15, 0.2) is 16.1 Å². The van der Waals surface area contributed by atoms with Gasteiger partial charge in [-0.05, 0) is 44.4 Å². The zero-order chi connectivity index (χ0) is 16.5. The molecule has 0 amide bonds. The summed E-state index contributed by atoms with van der Waals surface area (Å²) in [5.74, 6) is 2.35. The lowest BCUT2D eigenvalue weighted by Crippen LogP contribution is -2.25. The molecular formula is C21H39N. The van der Waals surface area contributed by atoms with E-state index >= 15 is 0 Å². The van der Waals surface area contributed by atoms with Crippen molar-refractivity contribution in [2.24, 2.45) is 22.7 Å². The van der Waals surface area contributed by atoms with E-state index in [9.17, 15) is 0 Å². The molecule has 1 heterocycles. The number of allylic oxidation sites excluding steroid dienone is 1. The molecule has 2 aliphatic rings. The van der Waals surface area contributed by atoms with Crippen LogP contribution in [-0.4, -0.2) is 12.3 Å². The van der Waals surface area contributed by atoms with Gasteiger partial charge in [0.2, 0.25) is 0 Å². The summed E-state index contributed by atoms with van der Waals surface area (Å²) in [5.41, 5.74) is 4.85. The predicted molar refractivity (Wildman–Crippen MR) is 101 cm³/mol. The predicted octanol–water partition coefficient (Wildman–Crippen LogP) is 6.83. The second kappa shape index (κ2) is 10.2. The highest BCUT2D eigenvalue weighted by atomic mass is 14.8. The van der Waals surface area contributed by atoms with Gasteiger partial charge in [0.05, 0.1) is 6.54 Å². The van der Waals surface area contributed by atoms with Crippen molar-refractivity contribution in [3.63, 3.8) is 0 Å². The molecule has 0 spiro atoms. The molecule has 0 aromatic rings. The number of aliphatic imine (C=N–C) groups is 1. The maximum absolute atomic E-state index is 4.87. The van der Waals surface area contributed by atoms with Crippen LogP contribution in [0.2, 0.25) is 0 Å². The number of fused-ring (bicyclic) bond motifs is 1. The molecular weight excluding hydrogens is 266 g/mol. The van der Waals surface area contributed by atoms with Gasteiger partial charge in [-0.25, -0.2) is 0 Å². The third-order valence-corrected chi connectivity index (χ3v) is 5.01. The van der Waals surface area contributed by atoms with E-state index < -0.39 is 0 Å². The molecule has 1 atom stereocenters. The van der Waals surface area contributed by atoms with Crippen molar-refractivity contribution in [1.82, 2.24) is 0 Å². The van der Waals surface area contributed by atoms with Crippen LogP contribution in [0.1, 0.15) is 92.9 Å². The van der Waals surface area contributed by atoms with Crippen molar-refractivity contribution in [3.05, 3.63) is 11.1 Å². The Morgan fingerprint density at radius 1 is 1.00 bits per heavy atom. The topological polar surface area (TPSA) is 12.4 Å². The lowest BCUT2D eigenvalue weighted by molar-refractivity contribution is 0.508. The molecule has 0 aromatic carbocycles. The van der Waals surface area contributed by atoms with Crippen molar-refractivity contribution in [1.29, 1.82) is 0 Å². The Balaban J connectivity index is 0.000000422. The minimum atomic E-state index is 0.714. The van der Waals surface area contributed by atoms with Gasteiger partial charge < -0.3 is 0 Å². The van der Waals surface area contributed by atoms with Gasteiger partial charge in [0, 0.05) is 11.6 Å². The first kappa shape index (κ1) is 19.5. The molecule has 1 heteroatoms. The maximum atomic E-state index is 4.87. The summed E-state index contributed by atoms with van der Waals surface area (Å²) in [7, 11) is 0. The Kier molecular flexibility index (Phi) is 9.05. The zero-order valence-corrected chi connectivity index (χ0v) is 16.0. The second-order valence-corrected chi connectivity index (χ2v) is 8.02. The SMILES string of the molecule is CC1=C2CCCCCCC2C(CC(C)C)=NC1.CCC(C)C. The summed E-state index contributed by atoms with van der Waals surface area (Å²) >= 11 is 0. The Labute approximate surface area is 139 Å². The highest BCUT2D eigenvalue weighted by molar-refractivity contribution is 5.90. The monoisotopic (exact) mass is 305 g/mol. The summed E-state index contributed by atoms with van der Waals surface area (Å²) in [6, 6.07) is 0. The van der Waals surface area contributed by atoms with Crippen molar-refractivity contribution in [2.45, 2.75) is 92.9 Å². The molecule has 1 unspecified atom stereocenters. The van der Waals surface area contributed by atoms with Crippen LogP contribution >= 0.6 is 0 Å². The molecule has 1 aliphatic heterocycles. The van der Waals surface area contributed by atoms with Gasteiger partial charge in [0.15, 0.2) is 0 Å². The van der Waals surface area contributed by atoms with E-state index in [1.54, 1.807) is 11.1 Å². The van der Waals surface area contributed by atoms with Gasteiger partial charge in [0.1, 0.15) is 0 Å². The third kappa shape index (κ3) is 6.67. The van der Waals surface area contributed by atoms with E-state index in [1.165, 1.54) is 57.1 Å². The first-order chi connectivity index (χ1) is 10.5. The van der Waals surface area contributed by atoms with Crippen LogP contribution in [0.3, 0.4) is 0 Å². The van der Waals surface area contributed by atoms with Gasteiger partial charge in [-0.2, -0.15) is 0 Å². The van der Waals surface area contributed by atoms with E-state index in [4.69, 9.17) is 4.99 Å². The fourth-order valence-electron chi connectivity index (χ4n) is 3.30. The quantitative estimate of drug-likeness (QED) is 0.507. The number of rotatable bonds is 3. The van der Waals surface area contributed by atoms with Crippen LogP contribution in [-0.2, 0) is 0 Å². The molecule has 0 N–H and O–H groups in total. The Morgan fingerprint density at radius 3 is 2.23 bits per heavy atom. The second-order valence-electron chi connectivity index (χ2n) is 8.02. The standard InChI is InChI=1S/C16H27N.C5H12/c1-12(2)10-16-15-9-7-5-4-6-8-14(15)13(3)11-17-16;1-4-5(2)3/h12,15H,4-11H2,1-3H3;5H,4H2,1-3H3. The number of dihydropyridines is 1. The summed E-state index contributed by atoms with van der Waals surface area (Å²) in [6.07, 6.45) is 10.9. The molecule has 128 valence electrons. The van der Waals surface area contributed by atoms with Gasteiger partial charge in [-0.15, -0.1) is 0 Å². The molecule has 0 aromatic heterocycles. The van der Waals surface area contributed by atoms with Crippen LogP contribution in [0.25, 0.3) is 0 Å². The molecule has 0 bridgehead atoms. The first-order valence-electron chi connectivity index (χ1n) is 9.67. The Bertz CT molecular complexity index is 373. The summed E-state index contributed by atoms with van der Waals surface area (Å²) in [4.78, 5) is 4.87. The van der Waals surface area contributed by atoms with E-state index in [0.717, 1.165) is 18.4 Å². The molecule has 22 heavy (non-hydrogen) atoms. The van der Waals surface area contributed by atoms with Crippen molar-refractivity contribution in [3.8, 4) is 0 Å². The van der Waals surface area contributed by atoms with Crippen LogP contribution in [0.5, 0.6) is 0 Å². The minimum absolute atomic E-state index is 0.714. The first-order valence-corrected chi connectivity index (χ1v) is 9.67. The lowest BCUT2D eigenvalue weighted by Gasteiger charge is -2.31. The summed E-state index contributed by atoms with van der Waals surface area (Å²) < 4.78 is 0.